The summed E-state index contributed by atoms with van der Waals surface area (Å²) in [6.45, 7) is 11.1. The molecule has 2 aliphatic rings. The molecule has 2 fully saturated rings. The van der Waals surface area contributed by atoms with E-state index >= 15 is 0 Å². The second kappa shape index (κ2) is 15.7. The summed E-state index contributed by atoms with van der Waals surface area (Å²) in [5.41, 5.74) is 1.24. The molecule has 0 aromatic heterocycles. The lowest BCUT2D eigenvalue weighted by Gasteiger charge is -2.32. The minimum absolute atomic E-state index is 0. The molecule has 0 spiro atoms. The van der Waals surface area contributed by atoms with Crippen LogP contribution in [0.2, 0.25) is 0 Å². The number of nitrogens with one attached hydrogen (secondary N) is 2. The number of hydrogen-bond donors (Lipinski definition) is 2. The summed E-state index contributed by atoms with van der Waals surface area (Å²) >= 11 is 0. The van der Waals surface area contributed by atoms with Crippen LogP contribution in [-0.2, 0) is 4.74 Å². The fraction of sp³-hybridized carbons (Fsp3) is 0.720. The number of para-hydroxylation sites is 1. The molecule has 2 N–H and O–H groups in total. The number of rotatable bonds is 11. The maximum Gasteiger partial charge on any atom is 0.191 e. The summed E-state index contributed by atoms with van der Waals surface area (Å²) in [6, 6.07) is 8.64. The second-order valence-corrected chi connectivity index (χ2v) is 8.88. The van der Waals surface area contributed by atoms with E-state index in [0.717, 1.165) is 70.7 Å². The first-order chi connectivity index (χ1) is 15.7. The third-order valence-corrected chi connectivity index (χ3v) is 6.72. The Morgan fingerprint density at radius 1 is 1.09 bits per heavy atom. The molecule has 0 saturated carbocycles. The van der Waals surface area contributed by atoms with Gasteiger partial charge >= 0.3 is 0 Å². The quantitative estimate of drug-likeness (QED) is 0.241. The molecule has 8 heteroatoms. The summed E-state index contributed by atoms with van der Waals surface area (Å²) in [5, 5.41) is 7.07. The van der Waals surface area contributed by atoms with Gasteiger partial charge in [0.05, 0.1) is 26.3 Å². The molecule has 1 atom stereocenters. The maximum absolute atomic E-state index is 5.68. The van der Waals surface area contributed by atoms with Crippen molar-refractivity contribution in [1.29, 1.82) is 0 Å². The van der Waals surface area contributed by atoms with E-state index in [1.807, 2.05) is 6.07 Å². The van der Waals surface area contributed by atoms with Gasteiger partial charge < -0.3 is 25.0 Å². The third kappa shape index (κ3) is 8.88. The van der Waals surface area contributed by atoms with Crippen molar-refractivity contribution in [1.82, 2.24) is 20.4 Å². The van der Waals surface area contributed by atoms with E-state index in [1.165, 1.54) is 31.2 Å². The fourth-order valence-electron chi connectivity index (χ4n) is 4.80. The van der Waals surface area contributed by atoms with Crippen LogP contribution in [0, 0.1) is 5.92 Å². The minimum atomic E-state index is 0. The Morgan fingerprint density at radius 2 is 1.82 bits per heavy atom. The van der Waals surface area contributed by atoms with Crippen LogP contribution in [0.15, 0.2) is 29.3 Å². The van der Waals surface area contributed by atoms with Gasteiger partial charge in [0.1, 0.15) is 5.75 Å². The first-order valence-electron chi connectivity index (χ1n) is 12.4. The summed E-state index contributed by atoms with van der Waals surface area (Å²) in [4.78, 5) is 10.1. The zero-order chi connectivity index (χ0) is 22.6. The monoisotopic (exact) mass is 573 g/mol. The predicted molar refractivity (Wildman–Crippen MR) is 147 cm³/mol. The summed E-state index contributed by atoms with van der Waals surface area (Å²) < 4.78 is 10.9. The average Bonchev–Trinajstić information content (AvgIpc) is 3.37. The van der Waals surface area contributed by atoms with Gasteiger partial charge in [0.2, 0.25) is 0 Å². The van der Waals surface area contributed by atoms with Crippen LogP contribution < -0.4 is 15.4 Å². The molecule has 0 aliphatic carbocycles. The number of benzene rings is 1. The zero-order valence-corrected chi connectivity index (χ0v) is 23.1. The number of guanidine groups is 1. The molecule has 33 heavy (non-hydrogen) atoms. The van der Waals surface area contributed by atoms with E-state index < -0.39 is 0 Å². The fourth-order valence-corrected chi connectivity index (χ4v) is 4.80. The number of hydrogen-bond acceptors (Lipinski definition) is 5. The van der Waals surface area contributed by atoms with E-state index in [2.05, 4.69) is 45.6 Å². The molecule has 0 bridgehead atoms. The molecule has 1 unspecified atom stereocenters. The Kier molecular flexibility index (Phi) is 13.4. The van der Waals surface area contributed by atoms with Gasteiger partial charge in [0, 0.05) is 32.3 Å². The van der Waals surface area contributed by atoms with Crippen molar-refractivity contribution in [3.63, 3.8) is 0 Å². The first-order valence-corrected chi connectivity index (χ1v) is 12.4. The normalized spacial score (nSPS) is 19.2. The molecular formula is C25H44IN5O2. The van der Waals surface area contributed by atoms with Gasteiger partial charge in [-0.05, 0) is 70.8 Å². The Balaban J connectivity index is 0.00000385. The highest BCUT2D eigenvalue weighted by atomic mass is 127. The summed E-state index contributed by atoms with van der Waals surface area (Å²) in [5.74, 6) is 2.58. The molecule has 0 radical (unpaired) electrons. The van der Waals surface area contributed by atoms with E-state index in [4.69, 9.17) is 14.5 Å². The topological polar surface area (TPSA) is 61.4 Å². The van der Waals surface area contributed by atoms with Crippen LogP contribution in [0.1, 0.15) is 44.2 Å². The molecule has 7 nitrogen and oxygen atoms in total. The van der Waals surface area contributed by atoms with Gasteiger partial charge in [-0.2, -0.15) is 0 Å². The number of likely N-dealkylation sites (tertiary alicyclic amines) is 2. The number of piperidine rings is 1. The second-order valence-electron chi connectivity index (χ2n) is 8.88. The molecule has 2 aliphatic heterocycles. The summed E-state index contributed by atoms with van der Waals surface area (Å²) in [7, 11) is 3.54. The van der Waals surface area contributed by atoms with Crippen molar-refractivity contribution in [3.8, 4) is 5.75 Å². The molecule has 0 amide bonds. The lowest BCUT2D eigenvalue weighted by atomic mass is 9.97. The highest BCUT2D eigenvalue weighted by molar-refractivity contribution is 14.0. The van der Waals surface area contributed by atoms with Gasteiger partial charge in [-0.3, -0.25) is 9.89 Å². The smallest absolute Gasteiger partial charge is 0.191 e. The number of methoxy groups -OCH3 is 2. The van der Waals surface area contributed by atoms with Gasteiger partial charge in [0.25, 0.3) is 0 Å². The molecule has 1 aromatic rings. The molecule has 2 saturated heterocycles. The largest absolute Gasteiger partial charge is 0.496 e. The van der Waals surface area contributed by atoms with Crippen LogP contribution >= 0.6 is 24.0 Å². The van der Waals surface area contributed by atoms with Crippen molar-refractivity contribution < 1.29 is 9.47 Å². The third-order valence-electron chi connectivity index (χ3n) is 6.72. The van der Waals surface area contributed by atoms with Crippen LogP contribution in [0.3, 0.4) is 0 Å². The van der Waals surface area contributed by atoms with E-state index in [9.17, 15) is 0 Å². The van der Waals surface area contributed by atoms with E-state index in [1.54, 1.807) is 14.2 Å². The zero-order valence-electron chi connectivity index (χ0n) is 20.7. The van der Waals surface area contributed by atoms with Crippen molar-refractivity contribution in [2.24, 2.45) is 10.9 Å². The lowest BCUT2D eigenvalue weighted by Crippen LogP contribution is -2.43. The minimum Gasteiger partial charge on any atom is -0.496 e. The molecule has 3 rings (SSSR count). The van der Waals surface area contributed by atoms with Crippen LogP contribution in [0.4, 0.5) is 0 Å². The van der Waals surface area contributed by atoms with Crippen LogP contribution in [0.5, 0.6) is 5.75 Å². The number of nitrogens with zero attached hydrogens (tertiary/aromatic N) is 3. The van der Waals surface area contributed by atoms with E-state index in [-0.39, 0.29) is 30.0 Å². The average molecular weight is 574 g/mol. The standard InChI is InChI=1S/C25H43N5O2.HI/c1-4-26-25(27-19-21-11-15-29(16-12-21)17-18-31-2)28-20-23(30-13-7-8-14-30)22-9-5-6-10-24(22)32-3;/h5-6,9-10,21,23H,4,7-8,11-20H2,1-3H3,(H2,26,27,28);1H. The van der Waals surface area contributed by atoms with Gasteiger partial charge in [0.15, 0.2) is 5.96 Å². The van der Waals surface area contributed by atoms with Crippen molar-refractivity contribution >= 4 is 29.9 Å². The molecular weight excluding hydrogens is 529 g/mol. The van der Waals surface area contributed by atoms with Crippen molar-refractivity contribution in [3.05, 3.63) is 29.8 Å². The maximum atomic E-state index is 5.68. The number of ether oxygens (including phenoxy) is 2. The molecule has 188 valence electrons. The first kappa shape index (κ1) is 28.1. The Bertz CT molecular complexity index is 691. The summed E-state index contributed by atoms with van der Waals surface area (Å²) in [6.07, 6.45) is 4.98. The molecule has 2 heterocycles. The van der Waals surface area contributed by atoms with Gasteiger partial charge in [-0.15, -0.1) is 24.0 Å². The lowest BCUT2D eigenvalue weighted by molar-refractivity contribution is 0.121. The SMILES string of the molecule is CCNC(=NCC(c1ccccc1OC)N1CCCC1)NCC1CCN(CCOC)CC1.I. The number of halogens is 1. The predicted octanol–water partition coefficient (Wildman–Crippen LogP) is 3.36. The Morgan fingerprint density at radius 3 is 2.48 bits per heavy atom. The van der Waals surface area contributed by atoms with Crippen LogP contribution in [0.25, 0.3) is 0 Å². The van der Waals surface area contributed by atoms with E-state index in [0.29, 0.717) is 5.92 Å². The number of aliphatic imine (C=N–C) groups is 1. The van der Waals surface area contributed by atoms with Crippen LogP contribution in [-0.4, -0.2) is 88.9 Å². The van der Waals surface area contributed by atoms with Gasteiger partial charge in [-0.25, -0.2) is 0 Å². The highest BCUT2D eigenvalue weighted by Crippen LogP contribution is 2.31. The Labute approximate surface area is 217 Å². The van der Waals surface area contributed by atoms with Crippen molar-refractivity contribution in [2.75, 3.05) is 73.2 Å². The Hall–Kier alpha value is -1.10. The van der Waals surface area contributed by atoms with Gasteiger partial charge in [-0.1, -0.05) is 18.2 Å². The molecule has 1 aromatic carbocycles. The van der Waals surface area contributed by atoms with Crippen molar-refractivity contribution in [2.45, 2.75) is 38.6 Å². The highest BCUT2D eigenvalue weighted by Gasteiger charge is 2.26.